The van der Waals surface area contributed by atoms with E-state index in [1.54, 1.807) is 21.3 Å². The molecule has 7 heteroatoms. The fourth-order valence-corrected chi connectivity index (χ4v) is 3.41. The van der Waals surface area contributed by atoms with Crippen molar-refractivity contribution in [1.82, 2.24) is 0 Å². The van der Waals surface area contributed by atoms with E-state index in [2.05, 4.69) is 10.2 Å². The lowest BCUT2D eigenvalue weighted by molar-refractivity contribution is 0.171. The predicted octanol–water partition coefficient (Wildman–Crippen LogP) is 3.88. The summed E-state index contributed by atoms with van der Waals surface area (Å²) in [6, 6.07) is 7.69. The van der Waals surface area contributed by atoms with Gasteiger partial charge in [0.1, 0.15) is 0 Å². The normalized spacial score (nSPS) is 14.8. The van der Waals surface area contributed by atoms with E-state index in [1.165, 1.54) is 0 Å². The minimum Gasteiger partial charge on any atom is -0.493 e. The highest BCUT2D eigenvalue weighted by Crippen LogP contribution is 2.43. The Kier molecular flexibility index (Phi) is 5.12. The van der Waals surface area contributed by atoms with Gasteiger partial charge in [0.05, 0.1) is 27.0 Å². The van der Waals surface area contributed by atoms with Crippen LogP contribution in [0.3, 0.4) is 0 Å². The lowest BCUT2D eigenvalue weighted by atomic mass is 9.97. The lowest BCUT2D eigenvalue weighted by Gasteiger charge is -2.13. The molecule has 0 aromatic heterocycles. The molecule has 0 saturated heterocycles. The van der Waals surface area contributed by atoms with Crippen LogP contribution in [0.2, 0.25) is 0 Å². The number of hydrogen-bond acceptors (Lipinski definition) is 7. The number of hydrogen-bond donors (Lipinski definition) is 0. The number of ether oxygens (including phenoxy) is 5. The molecule has 2 heterocycles. The van der Waals surface area contributed by atoms with Crippen molar-refractivity contribution in [2.45, 2.75) is 13.3 Å². The van der Waals surface area contributed by atoms with Gasteiger partial charge in [-0.2, -0.15) is 10.2 Å². The molecule has 7 nitrogen and oxygen atoms in total. The summed E-state index contributed by atoms with van der Waals surface area (Å²) < 4.78 is 27.4. The van der Waals surface area contributed by atoms with Crippen LogP contribution in [0.5, 0.6) is 28.7 Å². The molecule has 0 fully saturated rings. The maximum Gasteiger partial charge on any atom is 0.231 e. The van der Waals surface area contributed by atoms with Gasteiger partial charge in [-0.05, 0) is 48.9 Å². The Labute approximate surface area is 169 Å². The van der Waals surface area contributed by atoms with Crippen LogP contribution in [0.4, 0.5) is 0 Å². The van der Waals surface area contributed by atoms with E-state index in [1.807, 2.05) is 43.3 Å². The molecule has 150 valence electrons. The van der Waals surface area contributed by atoms with Crippen molar-refractivity contribution in [2.24, 2.45) is 10.2 Å². The van der Waals surface area contributed by atoms with Gasteiger partial charge in [-0.25, -0.2) is 0 Å². The third kappa shape index (κ3) is 3.51. The molecule has 2 aliphatic heterocycles. The average Bonchev–Trinajstić information content (AvgIpc) is 3.16. The number of benzene rings is 2. The van der Waals surface area contributed by atoms with Gasteiger partial charge in [-0.15, -0.1) is 0 Å². The van der Waals surface area contributed by atoms with Gasteiger partial charge in [0.15, 0.2) is 23.0 Å². The third-order valence-corrected chi connectivity index (χ3v) is 4.81. The predicted molar refractivity (Wildman–Crippen MR) is 111 cm³/mol. The van der Waals surface area contributed by atoms with Crippen molar-refractivity contribution in [3.8, 4) is 28.7 Å². The first-order valence-electron chi connectivity index (χ1n) is 9.15. The molecule has 0 radical (unpaired) electrons. The van der Waals surface area contributed by atoms with E-state index >= 15 is 0 Å². The molecule has 2 aliphatic rings. The number of nitrogens with zero attached hydrogens (tertiary/aromatic N) is 2. The fourth-order valence-electron chi connectivity index (χ4n) is 3.41. The highest BCUT2D eigenvalue weighted by molar-refractivity contribution is 6.13. The first-order chi connectivity index (χ1) is 14.1. The molecule has 0 unspecified atom stereocenters. The van der Waals surface area contributed by atoms with Crippen LogP contribution < -0.4 is 23.7 Å². The second-order valence-corrected chi connectivity index (χ2v) is 6.62. The molecular weight excluding hydrogens is 372 g/mol. The summed E-state index contributed by atoms with van der Waals surface area (Å²) >= 11 is 0. The SMILES string of the molecule is COc1cc2c(cc1OC)C(C=Cc1ccc3c(c1OC)OCO3)=NN=C(C)C2. The highest BCUT2D eigenvalue weighted by Gasteiger charge is 2.21. The summed E-state index contributed by atoms with van der Waals surface area (Å²) in [6.45, 7) is 2.14. The van der Waals surface area contributed by atoms with Crippen molar-refractivity contribution in [1.29, 1.82) is 0 Å². The van der Waals surface area contributed by atoms with Crippen LogP contribution in [-0.2, 0) is 6.42 Å². The molecule has 0 saturated carbocycles. The summed E-state index contributed by atoms with van der Waals surface area (Å²) in [5.74, 6) is 3.23. The maximum absolute atomic E-state index is 5.55. The van der Waals surface area contributed by atoms with E-state index in [0.717, 1.165) is 28.1 Å². The molecule has 2 aromatic rings. The molecule has 0 aliphatic carbocycles. The standard InChI is InChI=1S/C22H22N2O5/c1-13-9-15-10-19(25-2)20(26-3)11-16(15)17(24-23-13)7-5-14-6-8-18-22(21(14)27-4)29-12-28-18/h5-8,10-11H,9,12H2,1-4H3. The van der Waals surface area contributed by atoms with Crippen LogP contribution in [0.25, 0.3) is 6.08 Å². The minimum absolute atomic E-state index is 0.189. The number of methoxy groups -OCH3 is 3. The summed E-state index contributed by atoms with van der Waals surface area (Å²) in [4.78, 5) is 0. The second kappa shape index (κ2) is 7.87. The summed E-state index contributed by atoms with van der Waals surface area (Å²) in [5, 5.41) is 8.78. The van der Waals surface area contributed by atoms with Gasteiger partial charge in [0.25, 0.3) is 0 Å². The second-order valence-electron chi connectivity index (χ2n) is 6.62. The monoisotopic (exact) mass is 394 g/mol. The van der Waals surface area contributed by atoms with Gasteiger partial charge < -0.3 is 23.7 Å². The van der Waals surface area contributed by atoms with Crippen LogP contribution in [0.1, 0.15) is 23.6 Å². The zero-order valence-electron chi connectivity index (χ0n) is 16.8. The average molecular weight is 394 g/mol. The third-order valence-electron chi connectivity index (χ3n) is 4.81. The van der Waals surface area contributed by atoms with Crippen molar-refractivity contribution in [3.05, 3.63) is 47.0 Å². The summed E-state index contributed by atoms with van der Waals surface area (Å²) in [6.07, 6.45) is 4.52. The quantitative estimate of drug-likeness (QED) is 0.770. The molecule has 0 amide bonds. The highest BCUT2D eigenvalue weighted by atomic mass is 16.7. The topological polar surface area (TPSA) is 70.9 Å². The molecule has 0 bridgehead atoms. The first kappa shape index (κ1) is 18.9. The van der Waals surface area contributed by atoms with Crippen LogP contribution in [0.15, 0.2) is 40.5 Å². The van der Waals surface area contributed by atoms with Crippen LogP contribution >= 0.6 is 0 Å². The summed E-state index contributed by atoms with van der Waals surface area (Å²) in [5.41, 5.74) is 4.51. The Morgan fingerprint density at radius 2 is 1.72 bits per heavy atom. The van der Waals surface area contributed by atoms with Crippen LogP contribution in [-0.4, -0.2) is 39.5 Å². The Hall–Kier alpha value is -3.48. The van der Waals surface area contributed by atoms with Crippen molar-refractivity contribution < 1.29 is 23.7 Å². The summed E-state index contributed by atoms with van der Waals surface area (Å²) in [7, 11) is 4.85. The number of rotatable bonds is 5. The Morgan fingerprint density at radius 3 is 2.48 bits per heavy atom. The van der Waals surface area contributed by atoms with E-state index in [9.17, 15) is 0 Å². The minimum atomic E-state index is 0.189. The Bertz CT molecular complexity index is 1040. The Morgan fingerprint density at radius 1 is 0.931 bits per heavy atom. The van der Waals surface area contributed by atoms with Gasteiger partial charge in [0.2, 0.25) is 12.5 Å². The van der Waals surface area contributed by atoms with E-state index in [4.69, 9.17) is 23.7 Å². The number of allylic oxidation sites excluding steroid dienone is 1. The first-order valence-corrected chi connectivity index (χ1v) is 9.15. The van der Waals surface area contributed by atoms with Crippen molar-refractivity contribution >= 4 is 17.5 Å². The van der Waals surface area contributed by atoms with E-state index in [-0.39, 0.29) is 6.79 Å². The largest absolute Gasteiger partial charge is 0.493 e. The fraction of sp³-hybridized carbons (Fsp3) is 0.273. The zero-order valence-corrected chi connectivity index (χ0v) is 16.8. The zero-order chi connectivity index (χ0) is 20.4. The Balaban J connectivity index is 1.77. The van der Waals surface area contributed by atoms with E-state index in [0.29, 0.717) is 35.2 Å². The molecule has 2 aromatic carbocycles. The van der Waals surface area contributed by atoms with Crippen molar-refractivity contribution in [3.63, 3.8) is 0 Å². The van der Waals surface area contributed by atoms with Gasteiger partial charge >= 0.3 is 0 Å². The van der Waals surface area contributed by atoms with Crippen LogP contribution in [0, 0.1) is 0 Å². The molecule has 0 atom stereocenters. The maximum atomic E-state index is 5.55. The van der Waals surface area contributed by atoms with E-state index < -0.39 is 0 Å². The van der Waals surface area contributed by atoms with Gasteiger partial charge in [0, 0.05) is 23.3 Å². The molecule has 0 spiro atoms. The molecule has 29 heavy (non-hydrogen) atoms. The molecule has 4 rings (SSSR count). The smallest absolute Gasteiger partial charge is 0.231 e. The number of fused-ring (bicyclic) bond motifs is 2. The van der Waals surface area contributed by atoms with Crippen molar-refractivity contribution in [2.75, 3.05) is 28.1 Å². The lowest BCUT2D eigenvalue weighted by Crippen LogP contribution is -2.05. The van der Waals surface area contributed by atoms with Gasteiger partial charge in [-0.1, -0.05) is 0 Å². The van der Waals surface area contributed by atoms with Gasteiger partial charge in [-0.3, -0.25) is 0 Å². The molecular formula is C22H22N2O5. The molecule has 0 N–H and O–H groups in total.